The molecule has 0 aliphatic heterocycles. The van der Waals surface area contributed by atoms with Crippen molar-refractivity contribution in [1.82, 2.24) is 59.8 Å². The first-order valence-corrected chi connectivity index (χ1v) is 32.3. The van der Waals surface area contributed by atoms with E-state index in [0.29, 0.717) is 46.1 Å². The van der Waals surface area contributed by atoms with Gasteiger partial charge in [-0.1, -0.05) is 384 Å². The molecule has 13 nitrogen and oxygen atoms in total. The third kappa shape index (κ3) is 24.4. The average Bonchev–Trinajstić information content (AvgIpc) is 3.24. The second kappa shape index (κ2) is 29.0. The Hall–Kier alpha value is 3.68. The minimum absolute atomic E-state index is 0.0870. The summed E-state index contributed by atoms with van der Waals surface area (Å²) in [4.78, 5) is 49.5. The molecule has 37 heteroatoms. The van der Waals surface area contributed by atoms with Crippen LogP contribution in [0.15, 0.2) is 48.5 Å². The zero-order valence-electron chi connectivity index (χ0n) is 35.2. The molecular formula is C36H20Br12Cl12N12O. The maximum absolute atomic E-state index is 9.05. The number of rotatable bonds is 3. The fourth-order valence-electron chi connectivity index (χ4n) is 4.45. The van der Waals surface area contributed by atoms with E-state index in [1.807, 2.05) is 31.2 Å². The molecule has 0 saturated heterocycles. The van der Waals surface area contributed by atoms with Crippen LogP contribution in [0, 0.1) is 20.8 Å². The van der Waals surface area contributed by atoms with Gasteiger partial charge in [0.1, 0.15) is 11.6 Å². The van der Waals surface area contributed by atoms with E-state index < -0.39 is 23.7 Å². The first kappa shape index (κ1) is 70.9. The monoisotopic (exact) mass is 2000 g/mol. The van der Waals surface area contributed by atoms with E-state index in [1.54, 1.807) is 38.1 Å². The Balaban J connectivity index is 0.000000261. The molecule has 4 aromatic heterocycles. The smallest absolute Gasteiger partial charge is 0.250 e. The fraction of sp³-hybridized carbons (Fsp3) is 0.333. The number of hydrogen-bond donors (Lipinski definition) is 1. The minimum atomic E-state index is -1.90. The molecule has 398 valence electrons. The number of benzene rings is 2. The second-order valence-corrected chi connectivity index (χ2v) is 49.5. The van der Waals surface area contributed by atoms with Gasteiger partial charge >= 0.3 is 0 Å². The predicted molar refractivity (Wildman–Crippen MR) is 341 cm³/mol. The Labute approximate surface area is 578 Å². The van der Waals surface area contributed by atoms with Crippen LogP contribution in [0.2, 0.25) is 0 Å². The van der Waals surface area contributed by atoms with E-state index in [2.05, 4.69) is 251 Å². The Kier molecular flexibility index (Phi) is 28.2. The summed E-state index contributed by atoms with van der Waals surface area (Å²) in [5.74, 6) is 3.29. The van der Waals surface area contributed by atoms with E-state index in [4.69, 9.17) is 144 Å². The highest BCUT2D eigenvalue weighted by Gasteiger charge is 2.36. The summed E-state index contributed by atoms with van der Waals surface area (Å²) >= 11 is 110. The maximum Gasteiger partial charge on any atom is 0.250 e. The molecule has 1 N–H and O–H groups in total. The Morgan fingerprint density at radius 1 is 0.329 bits per heavy atom. The number of aromatic nitrogens is 12. The molecule has 6 rings (SSSR count). The lowest BCUT2D eigenvalue weighted by Crippen LogP contribution is -2.16. The number of aryl methyl sites for hydroxylation is 3. The summed E-state index contributed by atoms with van der Waals surface area (Å²) in [5, 5.41) is 9.05. The van der Waals surface area contributed by atoms with Crippen LogP contribution in [-0.4, -0.2) is 64.9 Å². The van der Waals surface area contributed by atoms with Gasteiger partial charge in [0.05, 0.1) is 6.61 Å². The van der Waals surface area contributed by atoms with Gasteiger partial charge in [-0.3, -0.25) is 0 Å². The normalized spacial score (nSPS) is 12.7. The van der Waals surface area contributed by atoms with Gasteiger partial charge in [-0.2, -0.15) is 0 Å². The van der Waals surface area contributed by atoms with Crippen molar-refractivity contribution < 1.29 is 5.11 Å². The third-order valence-corrected chi connectivity index (χ3v) is 13.8. The standard InChI is InChI=1S/C12H7Cl6N3O.C12H7Cl6N3.2C6H3Br6N3/c13-11(14,15)9-19-8(20-10(21-9)12(16,17)18)7-3-1-6(5-22)2-4-7;1-6-2-4-7(5-3-6)8-19-9(11(13,14)15)21-10(20-8)12(16,17)18;2*1-2-13-3(5(7,8)9)15-4(14-2)6(10,11)12/h1-4,22H,5H2;2-5H,1H3;2*1H3. The molecule has 0 atom stereocenters. The third-order valence-electron chi connectivity index (χ3n) is 7.50. The summed E-state index contributed by atoms with van der Waals surface area (Å²) in [7, 11) is 0. The van der Waals surface area contributed by atoms with E-state index in [0.717, 1.165) is 11.1 Å². The van der Waals surface area contributed by atoms with Crippen molar-refractivity contribution in [2.45, 2.75) is 51.1 Å². The molecule has 73 heavy (non-hydrogen) atoms. The van der Waals surface area contributed by atoms with Gasteiger partial charge in [0.2, 0.25) is 15.2 Å². The van der Waals surface area contributed by atoms with E-state index in [1.165, 1.54) is 0 Å². The van der Waals surface area contributed by atoms with Crippen LogP contribution in [-0.2, 0) is 30.3 Å². The first-order valence-electron chi connectivity index (χ1n) is 18.2. The van der Waals surface area contributed by atoms with Crippen molar-refractivity contribution in [3.63, 3.8) is 0 Å². The molecule has 0 unspecified atom stereocenters. The number of hydrogen-bond acceptors (Lipinski definition) is 13. The van der Waals surface area contributed by atoms with Crippen LogP contribution in [0.1, 0.15) is 69.4 Å². The van der Waals surface area contributed by atoms with Crippen LogP contribution in [0.4, 0.5) is 0 Å². The van der Waals surface area contributed by atoms with Crippen molar-refractivity contribution in [3.8, 4) is 22.8 Å². The summed E-state index contributed by atoms with van der Waals surface area (Å²) in [6.07, 6.45) is 0. The molecular weight excluding hydrogens is 2000 g/mol. The predicted octanol–water partition coefficient (Wildman–Crippen LogP) is 19.7. The van der Waals surface area contributed by atoms with Crippen LogP contribution >= 0.6 is 330 Å². The molecule has 0 radical (unpaired) electrons. The number of nitrogens with zero attached hydrogens (tertiary/aromatic N) is 12. The lowest BCUT2D eigenvalue weighted by atomic mass is 10.1. The van der Waals surface area contributed by atoms with Crippen molar-refractivity contribution in [1.29, 1.82) is 0 Å². The highest BCUT2D eigenvalue weighted by atomic mass is 80.0. The maximum atomic E-state index is 9.05. The van der Waals surface area contributed by atoms with Gasteiger partial charge in [-0.25, -0.2) is 59.8 Å². The SMILES string of the molecule is Cc1ccc(-c2nc(C(Cl)(Cl)Cl)nc(C(Cl)(Cl)Cl)n2)cc1.Cc1nc(C(Br)(Br)Br)nc(C(Br)(Br)Br)n1.Cc1nc(C(Br)(Br)Br)nc(C(Br)(Br)Br)n1.OCc1ccc(-c2nc(C(Cl)(Cl)Cl)nc(C(Cl)(Cl)Cl)n2)cc1. The lowest BCUT2D eigenvalue weighted by molar-refractivity contribution is 0.282. The number of aliphatic hydroxyl groups excluding tert-OH is 1. The first-order chi connectivity index (χ1) is 32.9. The zero-order valence-corrected chi connectivity index (χ0v) is 63.3. The van der Waals surface area contributed by atoms with Crippen molar-refractivity contribution in [2.24, 2.45) is 0 Å². The summed E-state index contributed by atoms with van der Waals surface area (Å²) in [5.41, 5.74) is 3.08. The molecule has 0 saturated carbocycles. The number of alkyl halides is 24. The quantitative estimate of drug-likeness (QED) is 0.166. The van der Waals surface area contributed by atoms with E-state index in [9.17, 15) is 0 Å². The highest BCUT2D eigenvalue weighted by molar-refractivity contribution is 9.39. The van der Waals surface area contributed by atoms with Gasteiger partial charge in [-0.05, 0) is 26.3 Å². The topological polar surface area (TPSA) is 175 Å². The molecule has 0 aliphatic rings. The largest absolute Gasteiger partial charge is 0.392 e. The molecule has 0 aliphatic carbocycles. The summed E-state index contributed by atoms with van der Waals surface area (Å²) < 4.78 is -10.1. The molecule has 0 spiro atoms. The number of halogens is 24. The highest BCUT2D eigenvalue weighted by Crippen LogP contribution is 2.48. The summed E-state index contributed by atoms with van der Waals surface area (Å²) in [6, 6.07) is 14.2. The van der Waals surface area contributed by atoms with Crippen molar-refractivity contribution in [3.05, 3.63) is 118 Å². The van der Waals surface area contributed by atoms with Gasteiger partial charge in [0.15, 0.2) is 66.8 Å². The molecule has 0 fully saturated rings. The second-order valence-electron chi connectivity index (χ2n) is 13.4. The van der Waals surface area contributed by atoms with Gasteiger partial charge in [-0.15, -0.1) is 0 Å². The molecule has 2 aromatic carbocycles. The van der Waals surface area contributed by atoms with Crippen molar-refractivity contribution >= 4 is 330 Å². The Bertz CT molecular complexity index is 2620. The van der Waals surface area contributed by atoms with E-state index >= 15 is 0 Å². The Morgan fingerprint density at radius 2 is 0.548 bits per heavy atom. The fourth-order valence-corrected chi connectivity index (χ4v) is 7.59. The molecule has 4 heterocycles. The molecule has 0 bridgehead atoms. The van der Waals surface area contributed by atoms with Crippen LogP contribution in [0.5, 0.6) is 0 Å². The summed E-state index contributed by atoms with van der Waals surface area (Å²) in [6.45, 7) is 5.46. The Morgan fingerprint density at radius 3 is 0.753 bits per heavy atom. The van der Waals surface area contributed by atoms with Gasteiger partial charge in [0.25, 0.3) is 0 Å². The van der Waals surface area contributed by atoms with Crippen LogP contribution in [0.25, 0.3) is 22.8 Å². The zero-order chi connectivity index (χ0) is 56.1. The van der Waals surface area contributed by atoms with E-state index in [-0.39, 0.29) is 41.6 Å². The van der Waals surface area contributed by atoms with Gasteiger partial charge < -0.3 is 5.11 Å². The minimum Gasteiger partial charge on any atom is -0.392 e. The van der Waals surface area contributed by atoms with Crippen LogP contribution in [0.3, 0.4) is 0 Å². The average molecular weight is 2020 g/mol. The van der Waals surface area contributed by atoms with Gasteiger partial charge in [0, 0.05) is 11.1 Å². The molecule has 6 aromatic rings. The van der Waals surface area contributed by atoms with Crippen LogP contribution < -0.4 is 0 Å². The molecule has 0 amide bonds. The number of aliphatic hydroxyl groups is 1. The van der Waals surface area contributed by atoms with Crippen molar-refractivity contribution in [2.75, 3.05) is 0 Å². The lowest BCUT2D eigenvalue weighted by Gasteiger charge is -2.15.